The van der Waals surface area contributed by atoms with Crippen molar-refractivity contribution in [3.05, 3.63) is 0 Å². The van der Waals surface area contributed by atoms with Gasteiger partial charge < -0.3 is 16.2 Å². The maximum absolute atomic E-state index is 11.2. The van der Waals surface area contributed by atoms with E-state index in [9.17, 15) is 13.2 Å². The lowest BCUT2D eigenvalue weighted by Crippen LogP contribution is -2.56. The molecule has 90 valence electrons. The lowest BCUT2D eigenvalue weighted by atomic mass is 10.2. The molecular weight excluding hydrogens is 224 g/mol. The number of aliphatic hydroxyl groups is 1. The molecule has 5 N–H and O–H groups in total. The fraction of sp³-hybridized carbons (Fsp3) is 0.857. The van der Waals surface area contributed by atoms with Gasteiger partial charge in [-0.3, -0.25) is 9.35 Å². The maximum Gasteiger partial charge on any atom is 0.288 e. The summed E-state index contributed by atoms with van der Waals surface area (Å²) in [6, 6.07) is -1.21. The molecule has 7 nitrogen and oxygen atoms in total. The molecule has 0 heterocycles. The summed E-state index contributed by atoms with van der Waals surface area (Å²) in [5.74, 6) is -0.834. The summed E-state index contributed by atoms with van der Waals surface area (Å²) < 4.78 is 30.8. The van der Waals surface area contributed by atoms with Crippen LogP contribution >= 0.6 is 0 Å². The maximum atomic E-state index is 11.2. The van der Waals surface area contributed by atoms with Crippen molar-refractivity contribution in [3.63, 3.8) is 0 Å². The van der Waals surface area contributed by atoms with Crippen LogP contribution in [0, 0.1) is 0 Å². The molecule has 0 rings (SSSR count). The molecule has 0 aliphatic rings. The number of nitrogens with two attached hydrogens (primary N) is 1. The third-order valence-electron chi connectivity index (χ3n) is 2.17. The fourth-order valence-electron chi connectivity index (χ4n) is 0.771. The lowest BCUT2D eigenvalue weighted by Gasteiger charge is -2.27. The Labute approximate surface area is 88.4 Å². The van der Waals surface area contributed by atoms with Gasteiger partial charge in [0.05, 0.1) is 6.61 Å². The number of nitrogens with one attached hydrogen (secondary N) is 1. The summed E-state index contributed by atoms with van der Waals surface area (Å²) in [5.41, 5.74) is 5.18. The summed E-state index contributed by atoms with van der Waals surface area (Å²) in [4.78, 5) is 9.44. The quantitative estimate of drug-likeness (QED) is 0.430. The molecule has 0 spiro atoms. The summed E-state index contributed by atoms with van der Waals surface area (Å²) >= 11 is 0. The molecule has 1 amide bonds. The number of carbonyl (C=O) groups excluding carboxylic acids is 1. The van der Waals surface area contributed by atoms with Crippen LogP contribution in [-0.4, -0.2) is 41.5 Å². The highest BCUT2D eigenvalue weighted by Crippen LogP contribution is 2.16. The molecule has 0 fully saturated rings. The summed E-state index contributed by atoms with van der Waals surface area (Å²) in [7, 11) is -4.42. The topological polar surface area (TPSA) is 130 Å². The second-order valence-corrected chi connectivity index (χ2v) is 5.19. The predicted molar refractivity (Wildman–Crippen MR) is 53.4 cm³/mol. The normalized spacial score (nSPS) is 17.9. The van der Waals surface area contributed by atoms with E-state index >= 15 is 0 Å². The van der Waals surface area contributed by atoms with Gasteiger partial charge in [-0.15, -0.1) is 0 Å². The minimum atomic E-state index is -4.42. The Bertz CT molecular complexity index is 328. The zero-order valence-corrected chi connectivity index (χ0v) is 9.41. The van der Waals surface area contributed by atoms with Crippen molar-refractivity contribution in [1.29, 1.82) is 0 Å². The van der Waals surface area contributed by atoms with Gasteiger partial charge in [0, 0.05) is 0 Å². The molecule has 0 aliphatic heterocycles. The third-order valence-corrected chi connectivity index (χ3v) is 3.69. The highest BCUT2D eigenvalue weighted by Gasteiger charge is 2.38. The van der Waals surface area contributed by atoms with E-state index in [2.05, 4.69) is 5.32 Å². The van der Waals surface area contributed by atoms with Gasteiger partial charge >= 0.3 is 0 Å². The zero-order valence-electron chi connectivity index (χ0n) is 8.60. The molecule has 8 heteroatoms. The number of aliphatic hydroxyl groups excluding tert-OH is 1. The van der Waals surface area contributed by atoms with Gasteiger partial charge in [-0.25, -0.2) is 0 Å². The second kappa shape index (κ2) is 4.88. The number of hydrogen-bond acceptors (Lipinski definition) is 5. The first-order chi connectivity index (χ1) is 6.68. The van der Waals surface area contributed by atoms with Crippen molar-refractivity contribution < 1.29 is 22.9 Å². The average molecular weight is 240 g/mol. The SMILES string of the molecule is CCC(C)(NC(=O)[C@@H](N)CO)S(=O)(=O)O. The summed E-state index contributed by atoms with van der Waals surface area (Å²) in [6.07, 6.45) is -0.0181. The van der Waals surface area contributed by atoms with Crippen LogP contribution < -0.4 is 11.1 Å². The van der Waals surface area contributed by atoms with Crippen molar-refractivity contribution >= 4 is 16.0 Å². The molecule has 2 atom stereocenters. The number of carbonyl (C=O) groups is 1. The Balaban J connectivity index is 4.82. The van der Waals surface area contributed by atoms with Crippen molar-refractivity contribution in [2.75, 3.05) is 6.61 Å². The first-order valence-corrected chi connectivity index (χ1v) is 5.77. The highest BCUT2D eigenvalue weighted by molar-refractivity contribution is 7.87. The van der Waals surface area contributed by atoms with Crippen LogP contribution in [0.4, 0.5) is 0 Å². The van der Waals surface area contributed by atoms with E-state index < -0.39 is 33.5 Å². The molecule has 0 saturated heterocycles. The molecule has 0 aromatic carbocycles. The molecule has 0 aromatic heterocycles. The van der Waals surface area contributed by atoms with Crippen LogP contribution in [0.1, 0.15) is 20.3 Å². The van der Waals surface area contributed by atoms with Gasteiger partial charge in [0.25, 0.3) is 10.1 Å². The van der Waals surface area contributed by atoms with E-state index in [0.717, 1.165) is 6.92 Å². The average Bonchev–Trinajstić information content (AvgIpc) is 2.14. The number of rotatable bonds is 5. The van der Waals surface area contributed by atoms with E-state index in [4.69, 9.17) is 15.4 Å². The predicted octanol–water partition coefficient (Wildman–Crippen LogP) is -1.56. The molecule has 0 saturated carbocycles. The van der Waals surface area contributed by atoms with E-state index in [1.165, 1.54) is 6.92 Å². The first kappa shape index (κ1) is 14.3. The number of hydrogen-bond donors (Lipinski definition) is 4. The summed E-state index contributed by atoms with van der Waals surface area (Å²) in [5, 5.41) is 10.7. The molecular formula is C7H16N2O5S. The van der Waals surface area contributed by atoms with Crippen LogP contribution in [0.5, 0.6) is 0 Å². The lowest BCUT2D eigenvalue weighted by molar-refractivity contribution is -0.124. The minimum absolute atomic E-state index is 0.0181. The van der Waals surface area contributed by atoms with E-state index in [1.54, 1.807) is 0 Å². The minimum Gasteiger partial charge on any atom is -0.394 e. The van der Waals surface area contributed by atoms with Crippen molar-refractivity contribution in [3.8, 4) is 0 Å². The first-order valence-electron chi connectivity index (χ1n) is 4.33. The molecule has 0 aliphatic carbocycles. The Morgan fingerprint density at radius 2 is 2.07 bits per heavy atom. The van der Waals surface area contributed by atoms with Crippen LogP contribution in [0.15, 0.2) is 0 Å². The van der Waals surface area contributed by atoms with Crippen molar-refractivity contribution in [2.45, 2.75) is 31.2 Å². The molecule has 0 aromatic rings. The van der Waals surface area contributed by atoms with Gasteiger partial charge in [-0.1, -0.05) is 6.92 Å². The van der Waals surface area contributed by atoms with Crippen LogP contribution in [0.25, 0.3) is 0 Å². The Hall–Kier alpha value is -0.700. The fourth-order valence-corrected chi connectivity index (χ4v) is 1.37. The molecule has 1 unspecified atom stereocenters. The Kier molecular flexibility index (Phi) is 4.65. The van der Waals surface area contributed by atoms with Crippen molar-refractivity contribution in [2.24, 2.45) is 5.73 Å². The Morgan fingerprint density at radius 3 is 2.33 bits per heavy atom. The monoisotopic (exact) mass is 240 g/mol. The van der Waals surface area contributed by atoms with E-state index in [-0.39, 0.29) is 6.42 Å². The molecule has 0 radical (unpaired) electrons. The Morgan fingerprint density at radius 1 is 1.60 bits per heavy atom. The van der Waals surface area contributed by atoms with Crippen LogP contribution in [0.2, 0.25) is 0 Å². The second-order valence-electron chi connectivity index (χ2n) is 3.34. The number of amides is 1. The third kappa shape index (κ3) is 3.42. The van der Waals surface area contributed by atoms with Gasteiger partial charge in [-0.2, -0.15) is 8.42 Å². The van der Waals surface area contributed by atoms with E-state index in [1.807, 2.05) is 0 Å². The zero-order chi connectivity index (χ0) is 12.3. The molecule has 0 bridgehead atoms. The smallest absolute Gasteiger partial charge is 0.288 e. The standard InChI is InChI=1S/C7H16N2O5S/c1-3-7(2,15(12,13)14)9-6(11)5(8)4-10/h5,10H,3-4,8H2,1-2H3,(H,9,11)(H,12,13,14)/t5-,7?/m0/s1. The van der Waals surface area contributed by atoms with Crippen LogP contribution in [0.3, 0.4) is 0 Å². The van der Waals surface area contributed by atoms with Gasteiger partial charge in [0.1, 0.15) is 6.04 Å². The van der Waals surface area contributed by atoms with Gasteiger partial charge in [0.2, 0.25) is 5.91 Å². The van der Waals surface area contributed by atoms with Crippen LogP contribution in [-0.2, 0) is 14.9 Å². The van der Waals surface area contributed by atoms with Gasteiger partial charge in [0.15, 0.2) is 4.87 Å². The van der Waals surface area contributed by atoms with Crippen molar-refractivity contribution in [1.82, 2.24) is 5.32 Å². The highest BCUT2D eigenvalue weighted by atomic mass is 32.2. The summed E-state index contributed by atoms with van der Waals surface area (Å²) in [6.45, 7) is 2.04. The van der Waals surface area contributed by atoms with Gasteiger partial charge in [-0.05, 0) is 13.3 Å². The molecule has 15 heavy (non-hydrogen) atoms. The van der Waals surface area contributed by atoms with E-state index in [0.29, 0.717) is 0 Å². The largest absolute Gasteiger partial charge is 0.394 e.